The van der Waals surface area contributed by atoms with Gasteiger partial charge in [-0.25, -0.2) is 8.42 Å². The number of nitrogens with one attached hydrogen (secondary N) is 2. The second-order valence-electron chi connectivity index (χ2n) is 6.44. The summed E-state index contributed by atoms with van der Waals surface area (Å²) in [7, 11) is -1.75. The van der Waals surface area contributed by atoms with Crippen LogP contribution in [0.15, 0.2) is 78.9 Å². The highest BCUT2D eigenvalue weighted by molar-refractivity contribution is 7.92. The highest BCUT2D eigenvalue weighted by Gasteiger charge is 2.10. The molecule has 3 aromatic carbocycles. The number of hydrogen-bond acceptors (Lipinski definition) is 4. The minimum absolute atomic E-state index is 0.0501. The molecular weight excluding hydrogens is 372 g/mol. The number of benzene rings is 3. The van der Waals surface area contributed by atoms with E-state index in [0.29, 0.717) is 18.7 Å². The van der Waals surface area contributed by atoms with E-state index in [0.717, 1.165) is 22.6 Å². The molecule has 0 aliphatic carbocycles. The first-order valence-corrected chi connectivity index (χ1v) is 10.7. The first-order valence-electron chi connectivity index (χ1n) is 9.05. The second kappa shape index (κ2) is 9.28. The Morgan fingerprint density at radius 3 is 2.07 bits per heavy atom. The van der Waals surface area contributed by atoms with Gasteiger partial charge in [-0.1, -0.05) is 42.5 Å². The van der Waals surface area contributed by atoms with Crippen LogP contribution in [-0.4, -0.2) is 21.3 Å². The smallest absolute Gasteiger partial charge is 0.233 e. The van der Waals surface area contributed by atoms with E-state index in [1.807, 2.05) is 66.7 Å². The van der Waals surface area contributed by atoms with E-state index in [9.17, 15) is 8.42 Å². The number of methoxy groups -OCH3 is 1. The van der Waals surface area contributed by atoms with Gasteiger partial charge in [-0.05, 0) is 53.9 Å². The minimum Gasteiger partial charge on any atom is -0.497 e. The lowest BCUT2D eigenvalue weighted by molar-refractivity contribution is 0.414. The summed E-state index contributed by atoms with van der Waals surface area (Å²) in [4.78, 5) is 0. The van der Waals surface area contributed by atoms with E-state index in [4.69, 9.17) is 4.74 Å². The molecule has 0 unspecified atom stereocenters. The molecule has 0 aliphatic heterocycles. The predicted octanol–water partition coefficient (Wildman–Crippen LogP) is 4.29. The molecule has 0 spiro atoms. The summed E-state index contributed by atoms with van der Waals surface area (Å²) in [5.41, 5.74) is 3.61. The van der Waals surface area contributed by atoms with Crippen molar-refractivity contribution >= 4 is 21.4 Å². The fourth-order valence-corrected chi connectivity index (χ4v) is 3.83. The monoisotopic (exact) mass is 396 g/mol. The Morgan fingerprint density at radius 2 is 1.43 bits per heavy atom. The Kier molecular flexibility index (Phi) is 6.55. The van der Waals surface area contributed by atoms with Crippen molar-refractivity contribution in [3.05, 3.63) is 90.0 Å². The fourth-order valence-electron chi connectivity index (χ4n) is 2.73. The molecule has 0 saturated carbocycles. The third kappa shape index (κ3) is 6.03. The average molecular weight is 397 g/mol. The van der Waals surface area contributed by atoms with Crippen LogP contribution in [0.5, 0.6) is 5.75 Å². The van der Waals surface area contributed by atoms with Crippen molar-refractivity contribution in [2.75, 3.05) is 22.9 Å². The molecule has 0 fully saturated rings. The summed E-state index contributed by atoms with van der Waals surface area (Å²) in [6, 6.07) is 24.7. The SMILES string of the molecule is COc1ccc(CNc2ccc(NS(=O)(=O)CCc3ccccc3)cc2)cc1. The van der Waals surface area contributed by atoms with E-state index in [1.54, 1.807) is 19.2 Å². The van der Waals surface area contributed by atoms with Crippen molar-refractivity contribution in [2.24, 2.45) is 0 Å². The number of anilines is 2. The molecule has 3 aromatic rings. The summed E-state index contributed by atoms with van der Waals surface area (Å²) in [5, 5.41) is 3.32. The van der Waals surface area contributed by atoms with Crippen LogP contribution in [0.2, 0.25) is 0 Å². The van der Waals surface area contributed by atoms with Crippen LogP contribution in [0, 0.1) is 0 Å². The molecule has 0 aromatic heterocycles. The van der Waals surface area contributed by atoms with Gasteiger partial charge in [-0.3, -0.25) is 4.72 Å². The normalized spacial score (nSPS) is 11.0. The van der Waals surface area contributed by atoms with Crippen molar-refractivity contribution in [3.63, 3.8) is 0 Å². The van der Waals surface area contributed by atoms with Gasteiger partial charge in [0, 0.05) is 17.9 Å². The lowest BCUT2D eigenvalue weighted by Crippen LogP contribution is -2.18. The Balaban J connectivity index is 1.51. The van der Waals surface area contributed by atoms with Crippen LogP contribution >= 0.6 is 0 Å². The number of ether oxygens (including phenoxy) is 1. The molecule has 3 rings (SSSR count). The Morgan fingerprint density at radius 1 is 0.786 bits per heavy atom. The van der Waals surface area contributed by atoms with E-state index in [2.05, 4.69) is 10.0 Å². The largest absolute Gasteiger partial charge is 0.497 e. The van der Waals surface area contributed by atoms with Crippen LogP contribution in [0.25, 0.3) is 0 Å². The van der Waals surface area contributed by atoms with Crippen LogP contribution in [-0.2, 0) is 23.0 Å². The third-order valence-corrected chi connectivity index (χ3v) is 5.60. The van der Waals surface area contributed by atoms with Crippen molar-refractivity contribution in [1.82, 2.24) is 0 Å². The minimum atomic E-state index is -3.39. The van der Waals surface area contributed by atoms with Crippen LogP contribution in [0.4, 0.5) is 11.4 Å². The second-order valence-corrected chi connectivity index (χ2v) is 8.28. The number of sulfonamides is 1. The lowest BCUT2D eigenvalue weighted by atomic mass is 10.2. The summed E-state index contributed by atoms with van der Waals surface area (Å²) in [5.74, 6) is 0.877. The third-order valence-electron chi connectivity index (χ3n) is 4.32. The van der Waals surface area contributed by atoms with Gasteiger partial charge in [0.1, 0.15) is 5.75 Å². The molecule has 0 bridgehead atoms. The van der Waals surface area contributed by atoms with Crippen molar-refractivity contribution in [3.8, 4) is 5.75 Å². The van der Waals surface area contributed by atoms with Gasteiger partial charge in [0.05, 0.1) is 12.9 Å². The van der Waals surface area contributed by atoms with Gasteiger partial charge in [0.25, 0.3) is 0 Å². The Bertz CT molecular complexity index is 971. The zero-order chi connectivity index (χ0) is 19.8. The molecular formula is C22H24N2O3S. The topological polar surface area (TPSA) is 67.4 Å². The maximum Gasteiger partial charge on any atom is 0.233 e. The molecule has 2 N–H and O–H groups in total. The number of hydrogen-bond donors (Lipinski definition) is 2. The lowest BCUT2D eigenvalue weighted by Gasteiger charge is -2.10. The standard InChI is InChI=1S/C22H24N2O3S/c1-27-22-13-7-19(8-14-22)17-23-20-9-11-21(12-10-20)24-28(25,26)16-15-18-5-3-2-4-6-18/h2-14,23-24H,15-17H2,1H3. The molecule has 0 saturated heterocycles. The first kappa shape index (κ1) is 19.8. The van der Waals surface area contributed by atoms with Crippen molar-refractivity contribution in [1.29, 1.82) is 0 Å². The van der Waals surface area contributed by atoms with Crippen LogP contribution < -0.4 is 14.8 Å². The molecule has 0 atom stereocenters. The Hall–Kier alpha value is -2.99. The number of aryl methyl sites for hydroxylation is 1. The summed E-state index contributed by atoms with van der Waals surface area (Å²) >= 11 is 0. The van der Waals surface area contributed by atoms with E-state index < -0.39 is 10.0 Å². The summed E-state index contributed by atoms with van der Waals surface area (Å²) in [6.07, 6.45) is 0.484. The summed E-state index contributed by atoms with van der Waals surface area (Å²) < 4.78 is 32.4. The van der Waals surface area contributed by atoms with E-state index in [-0.39, 0.29) is 5.75 Å². The summed E-state index contributed by atoms with van der Waals surface area (Å²) in [6.45, 7) is 0.673. The van der Waals surface area contributed by atoms with E-state index in [1.165, 1.54) is 0 Å². The predicted molar refractivity (Wildman–Crippen MR) is 114 cm³/mol. The van der Waals surface area contributed by atoms with E-state index >= 15 is 0 Å². The van der Waals surface area contributed by atoms with Gasteiger partial charge in [-0.15, -0.1) is 0 Å². The van der Waals surface area contributed by atoms with Gasteiger partial charge in [0.2, 0.25) is 10.0 Å². The molecule has 0 heterocycles. The zero-order valence-electron chi connectivity index (χ0n) is 15.8. The molecule has 28 heavy (non-hydrogen) atoms. The highest BCUT2D eigenvalue weighted by Crippen LogP contribution is 2.17. The van der Waals surface area contributed by atoms with Crippen molar-refractivity contribution in [2.45, 2.75) is 13.0 Å². The van der Waals surface area contributed by atoms with Crippen LogP contribution in [0.1, 0.15) is 11.1 Å². The average Bonchev–Trinajstić information content (AvgIpc) is 2.73. The highest BCUT2D eigenvalue weighted by atomic mass is 32.2. The fraction of sp³-hybridized carbons (Fsp3) is 0.182. The number of rotatable bonds is 9. The molecule has 5 nitrogen and oxygen atoms in total. The molecule has 6 heteroatoms. The van der Waals surface area contributed by atoms with Gasteiger partial charge >= 0.3 is 0 Å². The zero-order valence-corrected chi connectivity index (χ0v) is 16.6. The maximum absolute atomic E-state index is 12.3. The van der Waals surface area contributed by atoms with Crippen LogP contribution in [0.3, 0.4) is 0 Å². The van der Waals surface area contributed by atoms with Gasteiger partial charge < -0.3 is 10.1 Å². The quantitative estimate of drug-likeness (QED) is 0.566. The maximum atomic E-state index is 12.3. The molecule has 146 valence electrons. The van der Waals surface area contributed by atoms with Gasteiger partial charge in [0.15, 0.2) is 0 Å². The van der Waals surface area contributed by atoms with Crippen molar-refractivity contribution < 1.29 is 13.2 Å². The van der Waals surface area contributed by atoms with Gasteiger partial charge in [-0.2, -0.15) is 0 Å². The Labute approximate surface area is 166 Å². The molecule has 0 amide bonds. The molecule has 0 radical (unpaired) electrons. The molecule has 0 aliphatic rings. The first-order chi connectivity index (χ1) is 13.5.